The van der Waals surface area contributed by atoms with Crippen LogP contribution in [-0.2, 0) is 4.57 Å². The lowest BCUT2D eigenvalue weighted by Gasteiger charge is -2.39. The van der Waals surface area contributed by atoms with Gasteiger partial charge >= 0.3 is 24.7 Å². The molecule has 0 amide bonds. The van der Waals surface area contributed by atoms with Crippen LogP contribution in [0.5, 0.6) is 0 Å². The fraction of sp³-hybridized carbons (Fsp3) is 0.571. The van der Waals surface area contributed by atoms with Gasteiger partial charge in [-0.3, -0.25) is 0 Å². The summed E-state index contributed by atoms with van der Waals surface area (Å²) >= 11 is 0. The van der Waals surface area contributed by atoms with Crippen LogP contribution in [0.3, 0.4) is 0 Å². The van der Waals surface area contributed by atoms with Crippen molar-refractivity contribution in [2.45, 2.75) is 35.9 Å². The minimum absolute atomic E-state index is 0.418. The molecule has 1 aromatic carbocycles. The summed E-state index contributed by atoms with van der Waals surface area (Å²) in [7, 11) is -6.08. The molecule has 0 aromatic heterocycles. The number of hydrogen-bond acceptors (Lipinski definition) is 3. The smallest absolute Gasteiger partial charge is 0.373 e. The zero-order valence-corrected chi connectivity index (χ0v) is 15.0. The molecule has 3 nitrogen and oxygen atoms in total. The highest BCUT2D eigenvalue weighted by molar-refractivity contribution is 7.71. The van der Waals surface area contributed by atoms with E-state index in [1.165, 1.54) is 0 Å². The van der Waals surface area contributed by atoms with Crippen LogP contribution in [0.4, 0.5) is 52.7 Å². The van der Waals surface area contributed by atoms with Crippen molar-refractivity contribution in [3.8, 4) is 0 Å². The van der Waals surface area contributed by atoms with Crippen molar-refractivity contribution in [1.29, 1.82) is 0 Å². The van der Waals surface area contributed by atoms with E-state index in [1.54, 1.807) is 0 Å². The zero-order valence-electron chi connectivity index (χ0n) is 14.1. The monoisotopic (exact) mass is 486 g/mol. The van der Waals surface area contributed by atoms with Gasteiger partial charge < -0.3 is 14.8 Å². The average Bonchev–Trinajstić information content (AvgIpc) is 2.51. The Morgan fingerprint density at radius 1 is 0.600 bits per heavy atom. The van der Waals surface area contributed by atoms with Crippen LogP contribution in [0.1, 0.15) is 0 Å². The highest BCUT2D eigenvalue weighted by Crippen LogP contribution is 2.59. The molecule has 0 aliphatic rings. The van der Waals surface area contributed by atoms with Gasteiger partial charge in [-0.2, -0.15) is 52.7 Å². The third kappa shape index (κ3) is 4.72. The second-order valence-corrected chi connectivity index (χ2v) is 9.18. The van der Waals surface area contributed by atoms with Gasteiger partial charge in [-0.05, 0) is 0 Å². The van der Waals surface area contributed by atoms with Gasteiger partial charge in [0.25, 0.3) is 11.2 Å². The number of halogens is 12. The molecule has 1 aromatic rings. The number of rotatable bonds is 5. The molecule has 0 aliphatic carbocycles. The normalized spacial score (nSPS) is 15.4. The summed E-state index contributed by atoms with van der Waals surface area (Å²) < 4.78 is 168. The second kappa shape index (κ2) is 7.59. The van der Waals surface area contributed by atoms with Crippen LogP contribution in [0.25, 0.3) is 0 Å². The van der Waals surface area contributed by atoms with Gasteiger partial charge in [-0.25, -0.2) is 0 Å². The minimum Gasteiger partial charge on any atom is -0.373 e. The molecule has 0 bridgehead atoms. The van der Waals surface area contributed by atoms with Crippen LogP contribution in [0.2, 0.25) is 0 Å². The molecule has 0 saturated carbocycles. The Hall–Kier alpha value is -1.47. The molecule has 0 heterocycles. The molecule has 174 valence electrons. The van der Waals surface area contributed by atoms with E-state index in [-0.39, 0.29) is 0 Å². The van der Waals surface area contributed by atoms with E-state index in [1.807, 2.05) is 0 Å². The summed E-state index contributed by atoms with van der Waals surface area (Å²) in [5, 5.41) is 17.2. The predicted octanol–water partition coefficient (Wildman–Crippen LogP) is 4.39. The summed E-state index contributed by atoms with van der Waals surface area (Å²) in [5.41, 5.74) is -11.9. The third-order valence-electron chi connectivity index (χ3n) is 4.07. The van der Waals surface area contributed by atoms with Crippen molar-refractivity contribution in [3.05, 3.63) is 30.3 Å². The Kier molecular flexibility index (Phi) is 6.72. The Balaban J connectivity index is 3.79. The van der Waals surface area contributed by atoms with Crippen molar-refractivity contribution in [2.24, 2.45) is 0 Å². The molecule has 30 heavy (non-hydrogen) atoms. The molecule has 0 saturated heterocycles. The van der Waals surface area contributed by atoms with E-state index >= 15 is 0 Å². The van der Waals surface area contributed by atoms with Gasteiger partial charge in [0.2, 0.25) is 0 Å². The molecule has 2 N–H and O–H groups in total. The summed E-state index contributed by atoms with van der Waals surface area (Å²) in [5.74, 6) is 0. The second-order valence-electron chi connectivity index (χ2n) is 6.25. The topological polar surface area (TPSA) is 57.5 Å². The lowest BCUT2D eigenvalue weighted by Crippen LogP contribution is -2.62. The first-order valence-corrected chi connectivity index (χ1v) is 9.45. The molecule has 0 aliphatic heterocycles. The molecule has 0 atom stereocenters. The van der Waals surface area contributed by atoms with Crippen LogP contribution >= 0.6 is 7.14 Å². The Morgan fingerprint density at radius 2 is 0.867 bits per heavy atom. The predicted molar refractivity (Wildman–Crippen MR) is 77.5 cm³/mol. The van der Waals surface area contributed by atoms with E-state index in [4.69, 9.17) is 0 Å². The summed E-state index contributed by atoms with van der Waals surface area (Å²) in [6.07, 6.45) is -32.9. The Labute approximate surface area is 159 Å². The van der Waals surface area contributed by atoms with Crippen molar-refractivity contribution in [2.75, 3.05) is 12.3 Å². The molecule has 16 heteroatoms. The first-order chi connectivity index (χ1) is 13.0. The summed E-state index contributed by atoms with van der Waals surface area (Å²) in [6, 6.07) is 3.39. The highest BCUT2D eigenvalue weighted by Gasteiger charge is 2.76. The molecule has 1 rings (SSSR count). The SMILES string of the molecule is O=P(CC(O)(C(F)(F)F)C(F)(F)F)(CC(O)(C(F)(F)F)C(F)(F)F)c1ccccc1. The lowest BCUT2D eigenvalue weighted by molar-refractivity contribution is -0.361. The first kappa shape index (κ1) is 26.6. The van der Waals surface area contributed by atoms with E-state index < -0.39 is 60.7 Å². The van der Waals surface area contributed by atoms with Crippen LogP contribution in [0.15, 0.2) is 30.3 Å². The third-order valence-corrected chi connectivity index (χ3v) is 7.25. The van der Waals surface area contributed by atoms with Gasteiger partial charge in [0.1, 0.15) is 7.14 Å². The van der Waals surface area contributed by atoms with Gasteiger partial charge in [-0.1, -0.05) is 30.3 Å². The maximum atomic E-state index is 12.9. The van der Waals surface area contributed by atoms with Crippen molar-refractivity contribution >= 4 is 12.4 Å². The molecular weight excluding hydrogens is 475 g/mol. The van der Waals surface area contributed by atoms with Gasteiger partial charge in [0.05, 0.1) is 12.3 Å². The van der Waals surface area contributed by atoms with Crippen molar-refractivity contribution in [1.82, 2.24) is 0 Å². The van der Waals surface area contributed by atoms with Crippen LogP contribution < -0.4 is 5.30 Å². The largest absolute Gasteiger partial charge is 0.426 e. The number of alkyl halides is 12. The number of benzene rings is 1. The number of hydrogen-bond donors (Lipinski definition) is 2. The van der Waals surface area contributed by atoms with E-state index in [9.17, 15) is 67.5 Å². The Bertz CT molecular complexity index is 707. The minimum atomic E-state index is -6.68. The molecule has 0 spiro atoms. The molecular formula is C14H11F12O3P. The molecule has 0 unspecified atom stereocenters. The quantitative estimate of drug-likeness (QED) is 0.480. The first-order valence-electron chi connectivity index (χ1n) is 7.37. The standard InChI is InChI=1S/C14H11F12O3P/c15-11(16,17)9(27,12(18,19)20)6-30(29,8-4-2-1-3-5-8)7-10(28,13(21,22)23)14(24,25)26/h1-5,27-28H,6-7H2. The number of aliphatic hydroxyl groups is 2. The fourth-order valence-corrected chi connectivity index (χ4v) is 5.75. The van der Waals surface area contributed by atoms with Gasteiger partial charge in [-0.15, -0.1) is 0 Å². The highest BCUT2D eigenvalue weighted by atomic mass is 31.2. The molecule has 0 fully saturated rings. The summed E-state index contributed by atoms with van der Waals surface area (Å²) in [4.78, 5) is 0. The average molecular weight is 486 g/mol. The van der Waals surface area contributed by atoms with E-state index in [2.05, 4.69) is 0 Å². The van der Waals surface area contributed by atoms with Gasteiger partial charge in [0.15, 0.2) is 0 Å². The maximum absolute atomic E-state index is 12.9. The van der Waals surface area contributed by atoms with Gasteiger partial charge in [0, 0.05) is 5.30 Å². The van der Waals surface area contributed by atoms with Crippen LogP contribution in [-0.4, -0.2) is 58.4 Å². The Morgan fingerprint density at radius 3 is 1.10 bits per heavy atom. The molecule has 0 radical (unpaired) electrons. The van der Waals surface area contributed by atoms with E-state index in [0.717, 1.165) is 18.2 Å². The van der Waals surface area contributed by atoms with Crippen molar-refractivity contribution in [3.63, 3.8) is 0 Å². The van der Waals surface area contributed by atoms with Crippen molar-refractivity contribution < 1.29 is 67.5 Å². The van der Waals surface area contributed by atoms with Crippen LogP contribution in [0, 0.1) is 0 Å². The van der Waals surface area contributed by atoms with E-state index in [0.29, 0.717) is 12.1 Å². The fourth-order valence-electron chi connectivity index (χ4n) is 2.36. The maximum Gasteiger partial charge on any atom is 0.426 e. The summed E-state index contributed by atoms with van der Waals surface area (Å²) in [6.45, 7) is 0. The zero-order chi connectivity index (χ0) is 24.0. The lowest BCUT2D eigenvalue weighted by atomic mass is 10.1.